The number of aryl methyl sites for hydroxylation is 1. The predicted octanol–water partition coefficient (Wildman–Crippen LogP) is 5.01. The van der Waals surface area contributed by atoms with Crippen molar-refractivity contribution in [3.63, 3.8) is 0 Å². The van der Waals surface area contributed by atoms with Gasteiger partial charge in [0.15, 0.2) is 5.76 Å². The van der Waals surface area contributed by atoms with E-state index in [0.717, 1.165) is 33.2 Å². The summed E-state index contributed by atoms with van der Waals surface area (Å²) in [5.74, 6) is 0.975. The molecule has 29 heavy (non-hydrogen) atoms. The first-order valence-corrected chi connectivity index (χ1v) is 9.48. The molecular formula is C24H19N3O2. The van der Waals surface area contributed by atoms with Crippen LogP contribution in [0.5, 0.6) is 0 Å². The normalized spacial score (nSPS) is 11.2. The van der Waals surface area contributed by atoms with E-state index in [-0.39, 0.29) is 5.91 Å². The number of furan rings is 1. The average Bonchev–Trinajstić information content (AvgIpc) is 3.38. The molecule has 5 rings (SSSR count). The minimum absolute atomic E-state index is 0.234. The van der Waals surface area contributed by atoms with Gasteiger partial charge in [-0.05, 0) is 41.5 Å². The van der Waals surface area contributed by atoms with E-state index < -0.39 is 0 Å². The molecular weight excluding hydrogens is 362 g/mol. The maximum Gasteiger partial charge on any atom is 0.287 e. The lowest BCUT2D eigenvalue weighted by Gasteiger charge is -2.12. The number of hydrogen-bond donors (Lipinski definition) is 1. The first kappa shape index (κ1) is 17.3. The number of imidazole rings is 1. The second-order valence-corrected chi connectivity index (χ2v) is 6.97. The Balaban J connectivity index is 1.42. The summed E-state index contributed by atoms with van der Waals surface area (Å²) in [7, 11) is 0. The molecule has 0 atom stereocenters. The van der Waals surface area contributed by atoms with E-state index in [4.69, 9.17) is 4.42 Å². The fourth-order valence-electron chi connectivity index (χ4n) is 3.69. The maximum atomic E-state index is 12.8. The van der Waals surface area contributed by atoms with E-state index in [9.17, 15) is 4.79 Å². The SMILES string of the molecule is Cc1nccn1-c1ccccc1CNC(=O)c1cc2c(ccc3ccccc32)o1. The van der Waals surface area contributed by atoms with Crippen LogP contribution in [0.3, 0.4) is 0 Å². The number of hydrogen-bond acceptors (Lipinski definition) is 3. The number of rotatable bonds is 4. The zero-order valence-electron chi connectivity index (χ0n) is 15.9. The molecule has 5 nitrogen and oxygen atoms in total. The third kappa shape index (κ3) is 3.06. The molecule has 142 valence electrons. The lowest BCUT2D eigenvalue weighted by Crippen LogP contribution is -2.23. The molecule has 0 aliphatic carbocycles. The Morgan fingerprint density at radius 2 is 1.86 bits per heavy atom. The number of amides is 1. The van der Waals surface area contributed by atoms with Crippen LogP contribution in [0.1, 0.15) is 21.9 Å². The molecule has 5 heteroatoms. The first-order valence-electron chi connectivity index (χ1n) is 9.48. The van der Waals surface area contributed by atoms with Gasteiger partial charge in [-0.2, -0.15) is 0 Å². The van der Waals surface area contributed by atoms with Gasteiger partial charge in [-0.1, -0.05) is 48.5 Å². The highest BCUT2D eigenvalue weighted by atomic mass is 16.3. The van der Waals surface area contributed by atoms with Crippen LogP contribution >= 0.6 is 0 Å². The number of nitrogens with zero attached hydrogens (tertiary/aromatic N) is 2. The molecule has 0 saturated heterocycles. The Hall–Kier alpha value is -3.86. The minimum Gasteiger partial charge on any atom is -0.451 e. The molecule has 0 aliphatic heterocycles. The van der Waals surface area contributed by atoms with Gasteiger partial charge in [-0.3, -0.25) is 4.79 Å². The Labute approximate surface area is 167 Å². The molecule has 1 amide bonds. The number of nitrogens with one attached hydrogen (secondary N) is 1. The van der Waals surface area contributed by atoms with Gasteiger partial charge in [0.1, 0.15) is 11.4 Å². The monoisotopic (exact) mass is 381 g/mol. The zero-order valence-corrected chi connectivity index (χ0v) is 15.9. The topological polar surface area (TPSA) is 60.1 Å². The van der Waals surface area contributed by atoms with Crippen LogP contribution in [0.2, 0.25) is 0 Å². The fraction of sp³-hybridized carbons (Fsp3) is 0.0833. The Kier molecular flexibility index (Phi) is 4.13. The van der Waals surface area contributed by atoms with E-state index in [2.05, 4.69) is 16.4 Å². The minimum atomic E-state index is -0.234. The standard InChI is InChI=1S/C24H19N3O2/c1-16-25-12-13-27(16)21-9-5-3-7-18(21)15-26-24(28)23-14-20-19-8-4-2-6-17(19)10-11-22(20)29-23/h2-14H,15H2,1H3,(H,26,28). The summed E-state index contributed by atoms with van der Waals surface area (Å²) in [6, 6.07) is 21.8. The molecule has 2 aromatic heterocycles. The Morgan fingerprint density at radius 3 is 2.72 bits per heavy atom. The van der Waals surface area contributed by atoms with Crippen molar-refractivity contribution in [2.45, 2.75) is 13.5 Å². The van der Waals surface area contributed by atoms with Crippen molar-refractivity contribution in [3.8, 4) is 5.69 Å². The van der Waals surface area contributed by atoms with E-state index in [1.165, 1.54) is 0 Å². The van der Waals surface area contributed by atoms with Crippen LogP contribution in [0.4, 0.5) is 0 Å². The summed E-state index contributed by atoms with van der Waals surface area (Å²) in [5.41, 5.74) is 2.71. The van der Waals surface area contributed by atoms with Gasteiger partial charge in [-0.15, -0.1) is 0 Å². The van der Waals surface area contributed by atoms with Gasteiger partial charge in [0.2, 0.25) is 0 Å². The van der Waals surface area contributed by atoms with Gasteiger partial charge < -0.3 is 14.3 Å². The predicted molar refractivity (Wildman–Crippen MR) is 113 cm³/mol. The quantitative estimate of drug-likeness (QED) is 0.476. The molecule has 1 N–H and O–H groups in total. The number of aromatic nitrogens is 2. The number of carbonyl (C=O) groups is 1. The molecule has 0 spiro atoms. The average molecular weight is 381 g/mol. The van der Waals surface area contributed by atoms with Crippen LogP contribution in [0.15, 0.2) is 83.5 Å². The zero-order chi connectivity index (χ0) is 19.8. The summed E-state index contributed by atoms with van der Waals surface area (Å²) in [5, 5.41) is 6.13. The smallest absolute Gasteiger partial charge is 0.287 e. The number of para-hydroxylation sites is 1. The van der Waals surface area contributed by atoms with Crippen molar-refractivity contribution in [2.24, 2.45) is 0 Å². The largest absolute Gasteiger partial charge is 0.451 e. The highest BCUT2D eigenvalue weighted by molar-refractivity contribution is 6.08. The van der Waals surface area contributed by atoms with Crippen molar-refractivity contribution in [2.75, 3.05) is 0 Å². The molecule has 0 bridgehead atoms. The van der Waals surface area contributed by atoms with Gasteiger partial charge in [0.25, 0.3) is 5.91 Å². The molecule has 0 saturated carbocycles. The molecule has 0 unspecified atom stereocenters. The second-order valence-electron chi connectivity index (χ2n) is 6.97. The lowest BCUT2D eigenvalue weighted by atomic mass is 10.1. The third-order valence-electron chi connectivity index (χ3n) is 5.17. The van der Waals surface area contributed by atoms with E-state index in [1.807, 2.05) is 78.4 Å². The summed E-state index contributed by atoms with van der Waals surface area (Å²) in [6.45, 7) is 2.35. The van der Waals surface area contributed by atoms with Crippen LogP contribution in [0.25, 0.3) is 27.4 Å². The van der Waals surface area contributed by atoms with Crippen LogP contribution in [-0.4, -0.2) is 15.5 Å². The van der Waals surface area contributed by atoms with Crippen LogP contribution in [0, 0.1) is 6.92 Å². The maximum absolute atomic E-state index is 12.8. The molecule has 5 aromatic rings. The third-order valence-corrected chi connectivity index (χ3v) is 5.17. The molecule has 2 heterocycles. The van der Waals surface area contributed by atoms with E-state index in [0.29, 0.717) is 17.9 Å². The van der Waals surface area contributed by atoms with Gasteiger partial charge in [0.05, 0.1) is 5.69 Å². The van der Waals surface area contributed by atoms with Gasteiger partial charge in [-0.25, -0.2) is 4.98 Å². The van der Waals surface area contributed by atoms with Gasteiger partial charge in [0, 0.05) is 24.3 Å². The molecule has 3 aromatic carbocycles. The lowest BCUT2D eigenvalue weighted by molar-refractivity contribution is 0.0925. The Morgan fingerprint density at radius 1 is 1.03 bits per heavy atom. The number of fused-ring (bicyclic) bond motifs is 3. The van der Waals surface area contributed by atoms with E-state index >= 15 is 0 Å². The summed E-state index contributed by atoms with van der Waals surface area (Å²) < 4.78 is 7.83. The summed E-state index contributed by atoms with van der Waals surface area (Å²) in [6.07, 6.45) is 3.68. The Bertz CT molecular complexity index is 1350. The second kappa shape index (κ2) is 6.95. The summed E-state index contributed by atoms with van der Waals surface area (Å²) >= 11 is 0. The van der Waals surface area contributed by atoms with Crippen LogP contribution < -0.4 is 5.32 Å². The number of carbonyl (C=O) groups excluding carboxylic acids is 1. The molecule has 0 fully saturated rings. The van der Waals surface area contributed by atoms with Crippen molar-refractivity contribution < 1.29 is 9.21 Å². The highest BCUT2D eigenvalue weighted by Crippen LogP contribution is 2.28. The molecule has 0 aliphatic rings. The summed E-state index contributed by atoms with van der Waals surface area (Å²) in [4.78, 5) is 17.1. The van der Waals surface area contributed by atoms with Crippen molar-refractivity contribution in [1.82, 2.24) is 14.9 Å². The highest BCUT2D eigenvalue weighted by Gasteiger charge is 2.15. The van der Waals surface area contributed by atoms with E-state index in [1.54, 1.807) is 6.20 Å². The van der Waals surface area contributed by atoms with Crippen molar-refractivity contribution in [1.29, 1.82) is 0 Å². The van der Waals surface area contributed by atoms with Crippen LogP contribution in [-0.2, 0) is 6.54 Å². The molecule has 0 radical (unpaired) electrons. The van der Waals surface area contributed by atoms with Gasteiger partial charge >= 0.3 is 0 Å². The van der Waals surface area contributed by atoms with Crippen molar-refractivity contribution >= 4 is 27.6 Å². The fourth-order valence-corrected chi connectivity index (χ4v) is 3.69. The number of benzene rings is 3. The van der Waals surface area contributed by atoms with Crippen molar-refractivity contribution in [3.05, 3.63) is 96.3 Å². The first-order chi connectivity index (χ1) is 14.2.